The van der Waals surface area contributed by atoms with Crippen LogP contribution in [-0.4, -0.2) is 33.3 Å². The van der Waals surface area contributed by atoms with Crippen LogP contribution in [0.3, 0.4) is 0 Å². The molecule has 166 valence electrons. The normalized spacial score (nSPS) is 13.1. The molecule has 8 heteroatoms. The van der Waals surface area contributed by atoms with E-state index in [0.717, 1.165) is 0 Å². The number of carbonyl (C=O) groups is 2. The molecule has 3 aromatic rings. The SMILES string of the molecule is COc1ccc(S(=O)(=O)N[C@@H](C)C(=O)OC(C(=O)c2ccccc2)c2ccccc2)cc1. The second-order valence-corrected chi connectivity index (χ2v) is 8.69. The minimum atomic E-state index is -3.99. The molecule has 0 aliphatic rings. The molecular weight excluding hydrogens is 430 g/mol. The van der Waals surface area contributed by atoms with Crippen molar-refractivity contribution in [1.82, 2.24) is 4.72 Å². The lowest BCUT2D eigenvalue weighted by Crippen LogP contribution is -2.40. The molecule has 0 aromatic heterocycles. The van der Waals surface area contributed by atoms with Gasteiger partial charge in [0, 0.05) is 11.1 Å². The van der Waals surface area contributed by atoms with Crippen LogP contribution in [-0.2, 0) is 19.6 Å². The van der Waals surface area contributed by atoms with Gasteiger partial charge in [-0.3, -0.25) is 9.59 Å². The van der Waals surface area contributed by atoms with Gasteiger partial charge in [-0.15, -0.1) is 0 Å². The van der Waals surface area contributed by atoms with E-state index in [9.17, 15) is 18.0 Å². The Morgan fingerprint density at radius 2 is 1.41 bits per heavy atom. The maximum absolute atomic E-state index is 13.0. The fourth-order valence-corrected chi connectivity index (χ4v) is 4.17. The number of nitrogens with one attached hydrogen (secondary N) is 1. The molecule has 0 radical (unpaired) electrons. The first-order valence-corrected chi connectivity index (χ1v) is 11.3. The Balaban J connectivity index is 1.78. The minimum absolute atomic E-state index is 0.0297. The summed E-state index contributed by atoms with van der Waals surface area (Å²) >= 11 is 0. The third-order valence-electron chi connectivity index (χ3n) is 4.69. The maximum atomic E-state index is 13.0. The number of methoxy groups -OCH3 is 1. The van der Waals surface area contributed by atoms with Gasteiger partial charge in [-0.25, -0.2) is 8.42 Å². The summed E-state index contributed by atoms with van der Waals surface area (Å²) in [7, 11) is -2.52. The van der Waals surface area contributed by atoms with Crippen LogP contribution in [0.5, 0.6) is 5.75 Å². The molecule has 0 amide bonds. The second-order valence-electron chi connectivity index (χ2n) is 6.98. The highest BCUT2D eigenvalue weighted by molar-refractivity contribution is 7.89. The molecule has 0 bridgehead atoms. The van der Waals surface area contributed by atoms with Gasteiger partial charge in [0.15, 0.2) is 6.10 Å². The van der Waals surface area contributed by atoms with Crippen molar-refractivity contribution in [3.05, 3.63) is 96.1 Å². The number of hydrogen-bond donors (Lipinski definition) is 1. The highest BCUT2D eigenvalue weighted by Gasteiger charge is 2.30. The standard InChI is InChI=1S/C24H23NO6S/c1-17(25-32(28,29)21-15-13-20(30-2)14-16-21)24(27)31-23(19-11-7-4-8-12-19)22(26)18-9-5-3-6-10-18/h3-17,23,25H,1-2H3/t17-,23?/m0/s1. The van der Waals surface area contributed by atoms with Crippen LogP contribution >= 0.6 is 0 Å². The zero-order valence-corrected chi connectivity index (χ0v) is 18.4. The van der Waals surface area contributed by atoms with Gasteiger partial charge in [-0.2, -0.15) is 4.72 Å². The van der Waals surface area contributed by atoms with E-state index in [2.05, 4.69) is 4.72 Å². The Hall–Kier alpha value is -3.49. The molecule has 0 heterocycles. The van der Waals surface area contributed by atoms with Gasteiger partial charge < -0.3 is 9.47 Å². The van der Waals surface area contributed by atoms with Crippen LogP contribution in [0.2, 0.25) is 0 Å². The Kier molecular flexibility index (Phi) is 7.40. The van der Waals surface area contributed by atoms with E-state index >= 15 is 0 Å². The van der Waals surface area contributed by atoms with Crippen molar-refractivity contribution in [2.75, 3.05) is 7.11 Å². The number of ketones is 1. The van der Waals surface area contributed by atoms with Gasteiger partial charge in [0.05, 0.1) is 12.0 Å². The van der Waals surface area contributed by atoms with Crippen LogP contribution in [0.25, 0.3) is 0 Å². The lowest BCUT2D eigenvalue weighted by molar-refractivity contribution is -0.148. The Morgan fingerprint density at radius 1 is 0.844 bits per heavy atom. The molecule has 1 N–H and O–H groups in total. The molecule has 32 heavy (non-hydrogen) atoms. The summed E-state index contributed by atoms with van der Waals surface area (Å²) in [4.78, 5) is 25.8. The van der Waals surface area contributed by atoms with E-state index in [1.165, 1.54) is 38.3 Å². The maximum Gasteiger partial charge on any atom is 0.324 e. The van der Waals surface area contributed by atoms with Crippen molar-refractivity contribution in [2.24, 2.45) is 0 Å². The molecule has 0 fully saturated rings. The van der Waals surface area contributed by atoms with Crippen LogP contribution in [0, 0.1) is 0 Å². The topological polar surface area (TPSA) is 98.8 Å². The van der Waals surface area contributed by atoms with Crippen molar-refractivity contribution >= 4 is 21.8 Å². The van der Waals surface area contributed by atoms with Crippen molar-refractivity contribution in [3.8, 4) is 5.75 Å². The van der Waals surface area contributed by atoms with Crippen molar-refractivity contribution in [3.63, 3.8) is 0 Å². The predicted molar refractivity (Wildman–Crippen MR) is 119 cm³/mol. The fraction of sp³-hybridized carbons (Fsp3) is 0.167. The zero-order valence-electron chi connectivity index (χ0n) is 17.6. The largest absolute Gasteiger partial charge is 0.497 e. The van der Waals surface area contributed by atoms with Crippen LogP contribution in [0.4, 0.5) is 0 Å². The van der Waals surface area contributed by atoms with E-state index < -0.39 is 33.9 Å². The van der Waals surface area contributed by atoms with Crippen molar-refractivity contribution in [1.29, 1.82) is 0 Å². The first-order valence-electron chi connectivity index (χ1n) is 9.83. The molecular formula is C24H23NO6S. The highest BCUT2D eigenvalue weighted by Crippen LogP contribution is 2.23. The number of ether oxygens (including phenoxy) is 2. The molecule has 1 unspecified atom stereocenters. The molecule has 3 aromatic carbocycles. The average molecular weight is 454 g/mol. The summed E-state index contributed by atoms with van der Waals surface area (Å²) in [5.74, 6) is -0.780. The Bertz CT molecular complexity index is 1160. The van der Waals surface area contributed by atoms with Crippen molar-refractivity contribution in [2.45, 2.75) is 24.0 Å². The van der Waals surface area contributed by atoms with E-state index in [1.807, 2.05) is 0 Å². The fourth-order valence-electron chi connectivity index (χ4n) is 2.98. The number of benzene rings is 3. The quantitative estimate of drug-likeness (QED) is 0.393. The minimum Gasteiger partial charge on any atom is -0.497 e. The number of rotatable bonds is 9. The van der Waals surface area contributed by atoms with E-state index in [4.69, 9.17) is 9.47 Å². The van der Waals surface area contributed by atoms with E-state index in [1.54, 1.807) is 60.7 Å². The highest BCUT2D eigenvalue weighted by atomic mass is 32.2. The van der Waals surface area contributed by atoms with Crippen LogP contribution < -0.4 is 9.46 Å². The number of carbonyl (C=O) groups excluding carboxylic acids is 2. The molecule has 0 spiro atoms. The number of hydrogen-bond acceptors (Lipinski definition) is 6. The van der Waals surface area contributed by atoms with E-state index in [-0.39, 0.29) is 4.90 Å². The first-order chi connectivity index (χ1) is 15.3. The smallest absolute Gasteiger partial charge is 0.324 e. The molecule has 0 aliphatic carbocycles. The third kappa shape index (κ3) is 5.60. The molecule has 0 saturated carbocycles. The summed E-state index contributed by atoms with van der Waals surface area (Å²) in [6.45, 7) is 1.36. The van der Waals surface area contributed by atoms with Gasteiger partial charge in [-0.1, -0.05) is 60.7 Å². The van der Waals surface area contributed by atoms with E-state index in [0.29, 0.717) is 16.9 Å². The predicted octanol–water partition coefficient (Wildman–Crippen LogP) is 3.53. The number of sulfonamides is 1. The Labute approximate surface area is 187 Å². The first kappa shape index (κ1) is 23.2. The summed E-state index contributed by atoms with van der Waals surface area (Å²) in [6.07, 6.45) is -1.21. The summed E-state index contributed by atoms with van der Waals surface area (Å²) in [6, 6.07) is 21.5. The number of esters is 1. The van der Waals surface area contributed by atoms with Gasteiger partial charge in [0.2, 0.25) is 15.8 Å². The van der Waals surface area contributed by atoms with Crippen LogP contribution in [0.1, 0.15) is 28.9 Å². The second kappa shape index (κ2) is 10.2. The van der Waals surface area contributed by atoms with Crippen LogP contribution in [0.15, 0.2) is 89.8 Å². The number of Topliss-reactive ketones (excluding diaryl/α,β-unsaturated/α-hetero) is 1. The molecule has 2 atom stereocenters. The molecule has 7 nitrogen and oxygen atoms in total. The van der Waals surface area contributed by atoms with Gasteiger partial charge in [0.1, 0.15) is 11.8 Å². The Morgan fingerprint density at radius 3 is 1.97 bits per heavy atom. The molecule has 0 aliphatic heterocycles. The van der Waals surface area contributed by atoms with Gasteiger partial charge >= 0.3 is 5.97 Å². The van der Waals surface area contributed by atoms with Gasteiger partial charge in [-0.05, 0) is 31.2 Å². The summed E-state index contributed by atoms with van der Waals surface area (Å²) in [5.41, 5.74) is 0.862. The van der Waals surface area contributed by atoms with Gasteiger partial charge in [0.25, 0.3) is 0 Å². The lowest BCUT2D eigenvalue weighted by atomic mass is 10.00. The molecule has 0 saturated heterocycles. The zero-order chi connectivity index (χ0) is 23.1. The monoisotopic (exact) mass is 453 g/mol. The third-order valence-corrected chi connectivity index (χ3v) is 6.24. The lowest BCUT2D eigenvalue weighted by Gasteiger charge is -2.20. The van der Waals surface area contributed by atoms with Crippen molar-refractivity contribution < 1.29 is 27.5 Å². The summed E-state index contributed by atoms with van der Waals surface area (Å²) < 4.78 is 38.1. The average Bonchev–Trinajstić information content (AvgIpc) is 2.82. The summed E-state index contributed by atoms with van der Waals surface area (Å²) in [5, 5.41) is 0. The molecule has 3 rings (SSSR count).